The lowest BCUT2D eigenvalue weighted by molar-refractivity contribution is -0.626. The van der Waals surface area contributed by atoms with E-state index in [1.54, 1.807) is 0 Å². The maximum absolute atomic E-state index is 13.0. The number of thioether (sulfide) groups is 1. The Morgan fingerprint density at radius 3 is 2.23 bits per heavy atom. The van der Waals surface area contributed by atoms with Gasteiger partial charge in [-0.15, -0.1) is 4.39 Å². The van der Waals surface area contributed by atoms with Crippen molar-refractivity contribution in [3.05, 3.63) is 20.2 Å². The number of carbonyl (C=O) groups excluding carboxylic acids is 1. The van der Waals surface area contributed by atoms with Gasteiger partial charge in [-0.25, -0.2) is 0 Å². The van der Waals surface area contributed by atoms with E-state index in [1.165, 1.54) is 0 Å². The number of nitro groups is 2. The van der Waals surface area contributed by atoms with Crippen molar-refractivity contribution >= 4 is 16.9 Å². The molecule has 7 nitrogen and oxygen atoms in total. The van der Waals surface area contributed by atoms with E-state index in [9.17, 15) is 29.4 Å². The number of alkyl halides is 1. The lowest BCUT2D eigenvalue weighted by atomic mass is 10.6. The lowest BCUT2D eigenvalue weighted by Crippen LogP contribution is -2.38. The zero-order valence-corrected chi connectivity index (χ0v) is 7.25. The maximum atomic E-state index is 13.0. The molecule has 0 rings (SSSR count). The molecule has 0 aromatic heterocycles. The Bertz CT molecular complexity index is 241. The Labute approximate surface area is 75.6 Å². The van der Waals surface area contributed by atoms with Crippen molar-refractivity contribution < 1.29 is 19.0 Å². The number of carbonyl (C=O) groups is 1. The second-order valence-electron chi connectivity index (χ2n) is 2.03. The average molecular weight is 212 g/mol. The minimum Gasteiger partial charge on any atom is -0.287 e. The van der Waals surface area contributed by atoms with Gasteiger partial charge in [0.15, 0.2) is 5.12 Å². The number of hydrogen-bond donors (Lipinski definition) is 0. The monoisotopic (exact) mass is 212 g/mol. The minimum atomic E-state index is -3.37. The average Bonchev–Trinajstić information content (AvgIpc) is 1.82. The number of rotatable bonds is 4. The molecule has 0 saturated heterocycles. The highest BCUT2D eigenvalue weighted by Crippen LogP contribution is 2.28. The molecular formula is C4H5FN2O5S. The van der Waals surface area contributed by atoms with Gasteiger partial charge in [0.25, 0.3) is 0 Å². The van der Waals surface area contributed by atoms with Crippen molar-refractivity contribution in [1.82, 2.24) is 0 Å². The Morgan fingerprint density at radius 2 is 2.00 bits per heavy atom. The van der Waals surface area contributed by atoms with Crippen molar-refractivity contribution in [2.75, 3.05) is 6.54 Å². The summed E-state index contributed by atoms with van der Waals surface area (Å²) in [5.74, 6) is 0. The molecule has 1 unspecified atom stereocenters. The standard InChI is InChI=1S/C4H5FN2O5S/c1-3(8)13-4(5,7(11)12)2-6(9)10/h2H2,1H3. The quantitative estimate of drug-likeness (QED) is 0.290. The van der Waals surface area contributed by atoms with Crippen LogP contribution in [0, 0.1) is 20.2 Å². The van der Waals surface area contributed by atoms with Gasteiger partial charge in [0, 0.05) is 23.6 Å². The first-order chi connectivity index (χ1) is 5.78. The molecule has 0 aliphatic heterocycles. The fraction of sp³-hybridized carbons (Fsp3) is 0.750. The van der Waals surface area contributed by atoms with Crippen LogP contribution >= 0.6 is 11.8 Å². The van der Waals surface area contributed by atoms with Crippen molar-refractivity contribution in [3.8, 4) is 0 Å². The maximum Gasteiger partial charge on any atom is 0.477 e. The molecule has 0 radical (unpaired) electrons. The van der Waals surface area contributed by atoms with Crippen LogP contribution in [0.25, 0.3) is 0 Å². The number of halogens is 1. The van der Waals surface area contributed by atoms with E-state index < -0.39 is 26.6 Å². The fourth-order valence-corrected chi connectivity index (χ4v) is 1.19. The molecule has 0 N–H and O–H groups in total. The number of hydrogen-bond acceptors (Lipinski definition) is 6. The lowest BCUT2D eigenvalue weighted by Gasteiger charge is -2.08. The van der Waals surface area contributed by atoms with E-state index in [0.29, 0.717) is 0 Å². The van der Waals surface area contributed by atoms with Gasteiger partial charge in [0.1, 0.15) is 0 Å². The summed E-state index contributed by atoms with van der Waals surface area (Å²) in [4.78, 5) is 27.6. The van der Waals surface area contributed by atoms with E-state index >= 15 is 0 Å². The molecule has 0 bridgehead atoms. The largest absolute Gasteiger partial charge is 0.477 e. The van der Waals surface area contributed by atoms with E-state index in [4.69, 9.17) is 0 Å². The van der Waals surface area contributed by atoms with Crippen molar-refractivity contribution in [3.63, 3.8) is 0 Å². The van der Waals surface area contributed by atoms with Gasteiger partial charge >= 0.3 is 11.7 Å². The number of nitrogens with zero attached hydrogens (tertiary/aromatic N) is 2. The van der Waals surface area contributed by atoms with Gasteiger partial charge in [-0.1, -0.05) is 0 Å². The Kier molecular flexibility index (Phi) is 3.72. The highest BCUT2D eigenvalue weighted by Gasteiger charge is 2.51. The smallest absolute Gasteiger partial charge is 0.287 e. The van der Waals surface area contributed by atoms with Crippen molar-refractivity contribution in [2.45, 2.75) is 12.0 Å². The summed E-state index contributed by atoms with van der Waals surface area (Å²) in [6.07, 6.45) is 0. The molecule has 0 saturated carbocycles. The third-order valence-corrected chi connectivity index (χ3v) is 1.78. The van der Waals surface area contributed by atoms with Gasteiger partial charge in [-0.05, 0) is 0 Å². The molecule has 13 heavy (non-hydrogen) atoms. The van der Waals surface area contributed by atoms with E-state index in [-0.39, 0.29) is 11.8 Å². The molecule has 0 amide bonds. The van der Waals surface area contributed by atoms with Crippen LogP contribution in [-0.4, -0.2) is 26.6 Å². The van der Waals surface area contributed by atoms with Crippen LogP contribution in [-0.2, 0) is 4.79 Å². The Morgan fingerprint density at radius 1 is 1.54 bits per heavy atom. The topological polar surface area (TPSA) is 103 Å². The molecule has 0 aliphatic carbocycles. The highest BCUT2D eigenvalue weighted by atomic mass is 32.2. The van der Waals surface area contributed by atoms with Gasteiger partial charge in [0.05, 0.1) is 4.92 Å². The molecule has 0 aromatic carbocycles. The normalized spacial score (nSPS) is 14.6. The highest BCUT2D eigenvalue weighted by molar-refractivity contribution is 8.14. The zero-order chi connectivity index (χ0) is 10.6. The van der Waals surface area contributed by atoms with Crippen LogP contribution < -0.4 is 0 Å². The Hall–Kier alpha value is -1.25. The molecule has 0 spiro atoms. The van der Waals surface area contributed by atoms with E-state index in [1.807, 2.05) is 0 Å². The van der Waals surface area contributed by atoms with Crippen molar-refractivity contribution in [2.24, 2.45) is 0 Å². The molecular weight excluding hydrogens is 207 g/mol. The summed E-state index contributed by atoms with van der Waals surface area (Å²) in [5.41, 5.74) is 0. The third-order valence-electron chi connectivity index (χ3n) is 0.897. The van der Waals surface area contributed by atoms with Crippen LogP contribution in [0.2, 0.25) is 0 Å². The molecule has 74 valence electrons. The van der Waals surface area contributed by atoms with Gasteiger partial charge in [0.2, 0.25) is 0 Å². The SMILES string of the molecule is CC(=O)SC(F)(C[N+](=O)[O-])[N+](=O)[O-]. The molecule has 0 aliphatic rings. The summed E-state index contributed by atoms with van der Waals surface area (Å²) in [5, 5.41) is 15.6. The predicted molar refractivity (Wildman–Crippen MR) is 41.0 cm³/mol. The van der Waals surface area contributed by atoms with Gasteiger partial charge in [-0.3, -0.25) is 25.0 Å². The van der Waals surface area contributed by atoms with Gasteiger partial charge < -0.3 is 0 Å². The molecule has 0 aromatic rings. The third kappa shape index (κ3) is 3.78. The molecule has 1 atom stereocenters. The molecule has 9 heteroatoms. The summed E-state index contributed by atoms with van der Waals surface area (Å²) in [7, 11) is 0. The first-order valence-electron chi connectivity index (χ1n) is 2.93. The summed E-state index contributed by atoms with van der Waals surface area (Å²) >= 11 is -0.308. The Balaban J connectivity index is 4.62. The molecule has 0 heterocycles. The fourth-order valence-electron chi connectivity index (χ4n) is 0.507. The summed E-state index contributed by atoms with van der Waals surface area (Å²) < 4.78 is 13.0. The molecule has 0 fully saturated rings. The summed E-state index contributed by atoms with van der Waals surface area (Å²) in [6, 6.07) is 0. The first kappa shape index (κ1) is 11.8. The second kappa shape index (κ2) is 4.12. The van der Waals surface area contributed by atoms with Crippen molar-refractivity contribution in [1.29, 1.82) is 0 Å². The van der Waals surface area contributed by atoms with Crippen LogP contribution in [0.3, 0.4) is 0 Å². The summed E-state index contributed by atoms with van der Waals surface area (Å²) in [6.45, 7) is -0.646. The minimum absolute atomic E-state index is 0.308. The zero-order valence-electron chi connectivity index (χ0n) is 6.43. The second-order valence-corrected chi connectivity index (χ2v) is 3.44. The first-order valence-corrected chi connectivity index (χ1v) is 3.74. The predicted octanol–water partition coefficient (Wildman–Crippen LogP) is 0.443. The van der Waals surface area contributed by atoms with Crippen LogP contribution in [0.5, 0.6) is 0 Å². The van der Waals surface area contributed by atoms with Crippen LogP contribution in [0.15, 0.2) is 0 Å². The van der Waals surface area contributed by atoms with Crippen LogP contribution in [0.1, 0.15) is 6.92 Å². The van der Waals surface area contributed by atoms with Gasteiger partial charge in [-0.2, -0.15) is 0 Å². The van der Waals surface area contributed by atoms with Crippen LogP contribution in [0.4, 0.5) is 4.39 Å². The van der Waals surface area contributed by atoms with E-state index in [0.717, 1.165) is 6.92 Å². The van der Waals surface area contributed by atoms with E-state index in [2.05, 4.69) is 0 Å².